The molecule has 2 aromatic heterocycles. The van der Waals surface area contributed by atoms with Crippen molar-refractivity contribution in [3.8, 4) is 0 Å². The number of anilines is 1. The summed E-state index contributed by atoms with van der Waals surface area (Å²) in [6.07, 6.45) is 2.95. The molecule has 0 unspecified atom stereocenters. The van der Waals surface area contributed by atoms with Gasteiger partial charge in [0.05, 0.1) is 31.3 Å². The molecule has 0 aromatic carbocycles. The van der Waals surface area contributed by atoms with Crippen LogP contribution < -0.4 is 10.2 Å². The van der Waals surface area contributed by atoms with E-state index in [-0.39, 0.29) is 5.91 Å². The van der Waals surface area contributed by atoms with Crippen LogP contribution in [-0.4, -0.2) is 69.6 Å². The maximum absolute atomic E-state index is 11.8. The van der Waals surface area contributed by atoms with E-state index in [9.17, 15) is 4.79 Å². The summed E-state index contributed by atoms with van der Waals surface area (Å²) in [5.74, 6) is 1.42. The van der Waals surface area contributed by atoms with E-state index in [1.54, 1.807) is 11.8 Å². The first kappa shape index (κ1) is 21.1. The normalized spacial score (nSPS) is 14.8. The molecule has 1 N–H and O–H groups in total. The molecule has 0 atom stereocenters. The van der Waals surface area contributed by atoms with Gasteiger partial charge in [0, 0.05) is 37.2 Å². The van der Waals surface area contributed by atoms with Gasteiger partial charge in [-0.05, 0) is 6.42 Å². The quantitative estimate of drug-likeness (QED) is 0.374. The maximum Gasteiger partial charge on any atom is 0.220 e. The van der Waals surface area contributed by atoms with Crippen LogP contribution in [0, 0.1) is 0 Å². The summed E-state index contributed by atoms with van der Waals surface area (Å²) >= 11 is 7.27. The molecule has 2 aromatic rings. The number of morpholine rings is 1. The van der Waals surface area contributed by atoms with Gasteiger partial charge in [0.15, 0.2) is 10.8 Å². The molecule has 0 spiro atoms. The fourth-order valence-corrected chi connectivity index (χ4v) is 3.81. The first-order valence-corrected chi connectivity index (χ1v) is 11.1. The molecule has 3 rings (SSSR count). The number of carbonyl (C=O) groups excluding carboxylic acids is 1. The number of nitrogens with one attached hydrogen (secondary N) is 1. The Balaban J connectivity index is 1.80. The van der Waals surface area contributed by atoms with Gasteiger partial charge >= 0.3 is 0 Å². The highest BCUT2D eigenvalue weighted by Crippen LogP contribution is 2.29. The lowest BCUT2D eigenvalue weighted by atomic mass is 10.3. The van der Waals surface area contributed by atoms with E-state index in [0.717, 1.165) is 35.1 Å². The predicted octanol–water partition coefficient (Wildman–Crippen LogP) is 2.30. The minimum Gasteiger partial charge on any atom is -0.378 e. The first-order chi connectivity index (χ1) is 13.6. The number of aromatic nitrogens is 4. The predicted molar refractivity (Wildman–Crippen MR) is 112 cm³/mol. The van der Waals surface area contributed by atoms with Crippen LogP contribution >= 0.6 is 23.4 Å². The average molecular weight is 427 g/mol. The lowest BCUT2D eigenvalue weighted by Gasteiger charge is -2.28. The third kappa shape index (κ3) is 5.48. The summed E-state index contributed by atoms with van der Waals surface area (Å²) in [5, 5.41) is 9.48. The Kier molecular flexibility index (Phi) is 7.75. The van der Waals surface area contributed by atoms with Gasteiger partial charge in [-0.1, -0.05) is 25.6 Å². The smallest absolute Gasteiger partial charge is 0.220 e. The van der Waals surface area contributed by atoms with E-state index in [4.69, 9.17) is 26.3 Å². The van der Waals surface area contributed by atoms with Crippen molar-refractivity contribution < 1.29 is 9.53 Å². The van der Waals surface area contributed by atoms with Crippen LogP contribution in [0.25, 0.3) is 11.0 Å². The number of ether oxygens (including phenoxy) is 1. The summed E-state index contributed by atoms with van der Waals surface area (Å²) in [6, 6.07) is 0. The van der Waals surface area contributed by atoms with Crippen molar-refractivity contribution in [1.29, 1.82) is 0 Å². The first-order valence-electron chi connectivity index (χ1n) is 9.64. The van der Waals surface area contributed by atoms with Crippen LogP contribution in [0.15, 0.2) is 11.4 Å². The van der Waals surface area contributed by atoms with Gasteiger partial charge in [0.2, 0.25) is 5.91 Å². The minimum absolute atomic E-state index is 0.0109. The van der Waals surface area contributed by atoms with Gasteiger partial charge in [-0.3, -0.25) is 4.79 Å². The monoisotopic (exact) mass is 426 g/mol. The Labute approximate surface area is 174 Å². The minimum atomic E-state index is 0.0109. The molecule has 1 amide bonds. The second-order valence-electron chi connectivity index (χ2n) is 6.84. The van der Waals surface area contributed by atoms with Gasteiger partial charge in [0.1, 0.15) is 5.82 Å². The lowest BCUT2D eigenvalue weighted by Crippen LogP contribution is -2.37. The standard InChI is InChI=1S/C18H27ClN6O2S/c1-13(2)28-18-22-16(24-8-10-27-11-9-24)14-12-21-25(17(14)23-18)7-6-20-15(26)4-3-5-19/h12-13H,3-11H2,1-2H3,(H,20,26). The van der Waals surface area contributed by atoms with Gasteiger partial charge in [-0.25, -0.2) is 14.6 Å². The molecule has 0 radical (unpaired) electrons. The van der Waals surface area contributed by atoms with E-state index >= 15 is 0 Å². The summed E-state index contributed by atoms with van der Waals surface area (Å²) in [7, 11) is 0. The fourth-order valence-electron chi connectivity index (χ4n) is 2.98. The van der Waals surface area contributed by atoms with E-state index in [0.29, 0.717) is 50.3 Å². The summed E-state index contributed by atoms with van der Waals surface area (Å²) in [6.45, 7) is 8.31. The Morgan fingerprint density at radius 1 is 1.36 bits per heavy atom. The van der Waals surface area contributed by atoms with Gasteiger partial charge in [-0.2, -0.15) is 5.10 Å². The fraction of sp³-hybridized carbons (Fsp3) is 0.667. The number of hydrogen-bond acceptors (Lipinski definition) is 7. The van der Waals surface area contributed by atoms with Crippen molar-refractivity contribution in [1.82, 2.24) is 25.1 Å². The molecule has 28 heavy (non-hydrogen) atoms. The number of alkyl halides is 1. The summed E-state index contributed by atoms with van der Waals surface area (Å²) < 4.78 is 7.32. The number of nitrogens with zero attached hydrogens (tertiary/aromatic N) is 5. The third-order valence-corrected chi connectivity index (χ3v) is 5.42. The third-order valence-electron chi connectivity index (χ3n) is 4.29. The molecule has 1 fully saturated rings. The Bertz CT molecular complexity index is 794. The number of fused-ring (bicyclic) bond motifs is 1. The van der Waals surface area contributed by atoms with E-state index in [1.165, 1.54) is 0 Å². The second kappa shape index (κ2) is 10.3. The van der Waals surface area contributed by atoms with Crippen molar-refractivity contribution in [3.63, 3.8) is 0 Å². The number of rotatable bonds is 9. The molecule has 10 heteroatoms. The zero-order valence-electron chi connectivity index (χ0n) is 16.4. The summed E-state index contributed by atoms with van der Waals surface area (Å²) in [5.41, 5.74) is 0.801. The van der Waals surface area contributed by atoms with Crippen molar-refractivity contribution >= 4 is 46.1 Å². The molecule has 0 bridgehead atoms. The van der Waals surface area contributed by atoms with E-state index < -0.39 is 0 Å². The van der Waals surface area contributed by atoms with Crippen molar-refractivity contribution in [3.05, 3.63) is 6.20 Å². The number of hydrogen-bond donors (Lipinski definition) is 1. The van der Waals surface area contributed by atoms with Crippen LogP contribution in [0.2, 0.25) is 0 Å². The molecular formula is C18H27ClN6O2S. The Hall–Kier alpha value is -1.58. The highest BCUT2D eigenvalue weighted by molar-refractivity contribution is 7.99. The molecule has 8 nitrogen and oxygen atoms in total. The maximum atomic E-state index is 11.8. The zero-order chi connectivity index (χ0) is 19.9. The summed E-state index contributed by atoms with van der Waals surface area (Å²) in [4.78, 5) is 23.6. The van der Waals surface area contributed by atoms with E-state index in [1.807, 2.05) is 10.9 Å². The second-order valence-corrected chi connectivity index (χ2v) is 8.76. The molecule has 3 heterocycles. The van der Waals surface area contributed by atoms with Crippen molar-refractivity contribution in [2.45, 2.75) is 43.6 Å². The molecule has 0 aliphatic carbocycles. The Morgan fingerprint density at radius 2 is 2.14 bits per heavy atom. The largest absolute Gasteiger partial charge is 0.378 e. The van der Waals surface area contributed by atoms with E-state index in [2.05, 4.69) is 29.2 Å². The highest BCUT2D eigenvalue weighted by atomic mass is 35.5. The SMILES string of the molecule is CC(C)Sc1nc(N2CCOCC2)c2cnn(CCNC(=O)CCCCl)c2n1. The van der Waals surface area contributed by atoms with Crippen LogP contribution in [-0.2, 0) is 16.1 Å². The molecule has 1 aliphatic heterocycles. The van der Waals surface area contributed by atoms with Crippen LogP contribution in [0.5, 0.6) is 0 Å². The van der Waals surface area contributed by atoms with Gasteiger partial charge < -0.3 is 15.0 Å². The molecule has 1 aliphatic rings. The number of amides is 1. The molecule has 154 valence electrons. The molecule has 0 saturated carbocycles. The number of thioether (sulfide) groups is 1. The molecule has 1 saturated heterocycles. The van der Waals surface area contributed by atoms with Crippen LogP contribution in [0.4, 0.5) is 5.82 Å². The highest BCUT2D eigenvalue weighted by Gasteiger charge is 2.20. The Morgan fingerprint density at radius 3 is 2.86 bits per heavy atom. The number of carbonyl (C=O) groups is 1. The van der Waals surface area contributed by atoms with Crippen LogP contribution in [0.1, 0.15) is 26.7 Å². The lowest BCUT2D eigenvalue weighted by molar-refractivity contribution is -0.121. The van der Waals surface area contributed by atoms with Crippen LogP contribution in [0.3, 0.4) is 0 Å². The van der Waals surface area contributed by atoms with Gasteiger partial charge in [-0.15, -0.1) is 11.6 Å². The van der Waals surface area contributed by atoms with Gasteiger partial charge in [0.25, 0.3) is 0 Å². The topological polar surface area (TPSA) is 85.2 Å². The zero-order valence-corrected chi connectivity index (χ0v) is 17.9. The number of halogens is 1. The van der Waals surface area contributed by atoms with Crippen molar-refractivity contribution in [2.24, 2.45) is 0 Å². The molecular weight excluding hydrogens is 400 g/mol. The van der Waals surface area contributed by atoms with Crippen molar-refractivity contribution in [2.75, 3.05) is 43.6 Å². The average Bonchev–Trinajstić information content (AvgIpc) is 3.09.